The lowest BCUT2D eigenvalue weighted by molar-refractivity contribution is 0.0694. The highest BCUT2D eigenvalue weighted by Crippen LogP contribution is 2.21. The molecule has 22 heavy (non-hydrogen) atoms. The molecule has 0 aliphatic carbocycles. The van der Waals surface area contributed by atoms with Gasteiger partial charge in [-0.25, -0.2) is 9.18 Å². The van der Waals surface area contributed by atoms with Crippen molar-refractivity contribution in [1.82, 2.24) is 10.3 Å². The van der Waals surface area contributed by atoms with E-state index in [4.69, 9.17) is 5.11 Å². The van der Waals surface area contributed by atoms with Gasteiger partial charge in [-0.05, 0) is 36.2 Å². The second-order valence-electron chi connectivity index (χ2n) is 4.49. The number of rotatable bonds is 4. The Morgan fingerprint density at radius 3 is 2.55 bits per heavy atom. The number of halogens is 1. The van der Waals surface area contributed by atoms with Crippen molar-refractivity contribution < 1.29 is 19.1 Å². The van der Waals surface area contributed by atoms with Gasteiger partial charge in [0.15, 0.2) is 0 Å². The van der Waals surface area contributed by atoms with Crippen molar-refractivity contribution in [2.45, 2.75) is 6.92 Å². The molecule has 7 heteroatoms. The summed E-state index contributed by atoms with van der Waals surface area (Å²) in [5, 5.41) is 11.4. The minimum atomic E-state index is -1.37. The summed E-state index contributed by atoms with van der Waals surface area (Å²) in [7, 11) is 0. The number of pyridine rings is 1. The Hall–Kier alpha value is -2.96. The molecule has 0 aliphatic heterocycles. The van der Waals surface area contributed by atoms with Crippen LogP contribution in [0.15, 0.2) is 35.3 Å². The second-order valence-corrected chi connectivity index (χ2v) is 4.49. The van der Waals surface area contributed by atoms with Crippen LogP contribution in [-0.4, -0.2) is 28.5 Å². The number of amides is 1. The summed E-state index contributed by atoms with van der Waals surface area (Å²) in [6.45, 7) is 2.10. The van der Waals surface area contributed by atoms with Crippen molar-refractivity contribution in [1.29, 1.82) is 0 Å². The van der Waals surface area contributed by atoms with Crippen molar-refractivity contribution in [3.05, 3.63) is 57.8 Å². The van der Waals surface area contributed by atoms with E-state index in [9.17, 15) is 18.8 Å². The minimum Gasteiger partial charge on any atom is -0.477 e. The summed E-state index contributed by atoms with van der Waals surface area (Å²) in [5.74, 6) is -2.63. The number of aromatic carboxylic acids is 1. The molecule has 114 valence electrons. The number of aromatic amines is 1. The molecule has 6 nitrogen and oxygen atoms in total. The van der Waals surface area contributed by atoms with Gasteiger partial charge >= 0.3 is 5.97 Å². The molecule has 2 aromatic rings. The molecule has 2 rings (SSSR count). The Balaban J connectivity index is 2.45. The SMILES string of the molecule is CCNC(=O)c1ccc(-c2c[nH]c(=O)c(C(=O)O)c2)cc1F. The van der Waals surface area contributed by atoms with Crippen molar-refractivity contribution in [2.24, 2.45) is 0 Å². The zero-order valence-corrected chi connectivity index (χ0v) is 11.6. The Labute approximate surface area is 124 Å². The highest BCUT2D eigenvalue weighted by atomic mass is 19.1. The van der Waals surface area contributed by atoms with Gasteiger partial charge in [-0.3, -0.25) is 9.59 Å². The summed E-state index contributed by atoms with van der Waals surface area (Å²) in [5.41, 5.74) is -0.600. The maximum Gasteiger partial charge on any atom is 0.341 e. The normalized spacial score (nSPS) is 10.3. The number of carbonyl (C=O) groups is 2. The topological polar surface area (TPSA) is 99.3 Å². The predicted molar refractivity (Wildman–Crippen MR) is 77.4 cm³/mol. The third-order valence-corrected chi connectivity index (χ3v) is 3.02. The van der Waals surface area contributed by atoms with Gasteiger partial charge in [0.05, 0.1) is 5.56 Å². The lowest BCUT2D eigenvalue weighted by Crippen LogP contribution is -2.23. The van der Waals surface area contributed by atoms with E-state index in [1.54, 1.807) is 6.92 Å². The molecule has 0 spiro atoms. The zero-order valence-electron chi connectivity index (χ0n) is 11.6. The van der Waals surface area contributed by atoms with Crippen LogP contribution in [0, 0.1) is 5.82 Å². The number of benzene rings is 1. The van der Waals surface area contributed by atoms with E-state index in [1.165, 1.54) is 18.3 Å². The van der Waals surface area contributed by atoms with Crippen LogP contribution in [0.25, 0.3) is 11.1 Å². The number of hydrogen-bond donors (Lipinski definition) is 3. The van der Waals surface area contributed by atoms with E-state index in [0.717, 1.165) is 12.1 Å². The van der Waals surface area contributed by atoms with E-state index in [0.29, 0.717) is 17.7 Å². The number of carboxylic acid groups (broad SMARTS) is 1. The quantitative estimate of drug-likeness (QED) is 0.799. The van der Waals surface area contributed by atoms with Gasteiger partial charge < -0.3 is 15.4 Å². The van der Waals surface area contributed by atoms with Gasteiger partial charge in [-0.2, -0.15) is 0 Å². The van der Waals surface area contributed by atoms with Gasteiger partial charge in [0.25, 0.3) is 11.5 Å². The molecule has 0 radical (unpaired) electrons. The van der Waals surface area contributed by atoms with Gasteiger partial charge in [0.2, 0.25) is 0 Å². The fourth-order valence-corrected chi connectivity index (χ4v) is 1.94. The average Bonchev–Trinajstić information content (AvgIpc) is 2.47. The van der Waals surface area contributed by atoms with E-state index in [1.807, 2.05) is 0 Å². The largest absolute Gasteiger partial charge is 0.477 e. The van der Waals surface area contributed by atoms with Crippen LogP contribution in [0.2, 0.25) is 0 Å². The number of carboxylic acids is 1. The Morgan fingerprint density at radius 2 is 1.95 bits per heavy atom. The first-order valence-electron chi connectivity index (χ1n) is 6.48. The smallest absolute Gasteiger partial charge is 0.341 e. The van der Waals surface area contributed by atoms with Gasteiger partial charge in [-0.1, -0.05) is 6.07 Å². The van der Waals surface area contributed by atoms with Crippen LogP contribution >= 0.6 is 0 Å². The fraction of sp³-hybridized carbons (Fsp3) is 0.133. The fourth-order valence-electron chi connectivity index (χ4n) is 1.94. The molecular weight excluding hydrogens is 291 g/mol. The van der Waals surface area contributed by atoms with Crippen molar-refractivity contribution in [2.75, 3.05) is 6.54 Å². The highest BCUT2D eigenvalue weighted by Gasteiger charge is 2.14. The molecule has 0 saturated heterocycles. The van der Waals surface area contributed by atoms with Crippen LogP contribution in [0.5, 0.6) is 0 Å². The molecule has 0 unspecified atom stereocenters. The Bertz CT molecular complexity index is 798. The lowest BCUT2D eigenvalue weighted by Gasteiger charge is -2.07. The minimum absolute atomic E-state index is 0.103. The van der Waals surface area contributed by atoms with Gasteiger partial charge in [-0.15, -0.1) is 0 Å². The molecular formula is C15H13FN2O4. The van der Waals surface area contributed by atoms with E-state index < -0.39 is 28.8 Å². The molecule has 0 fully saturated rings. The standard InChI is InChI=1S/C15H13FN2O4/c1-2-17-13(19)10-4-3-8(6-12(10)16)9-5-11(15(21)22)14(20)18-7-9/h3-7H,2H2,1H3,(H,17,19)(H,18,20)(H,21,22). The van der Waals surface area contributed by atoms with Gasteiger partial charge in [0, 0.05) is 12.7 Å². The molecule has 0 atom stereocenters. The lowest BCUT2D eigenvalue weighted by atomic mass is 10.0. The molecule has 0 bridgehead atoms. The van der Waals surface area contributed by atoms with Crippen LogP contribution in [-0.2, 0) is 0 Å². The first kappa shape index (κ1) is 15.4. The summed E-state index contributed by atoms with van der Waals surface area (Å²) in [6.07, 6.45) is 1.29. The Kier molecular flexibility index (Phi) is 4.36. The molecule has 3 N–H and O–H groups in total. The highest BCUT2D eigenvalue weighted by molar-refractivity contribution is 5.95. The second kappa shape index (κ2) is 6.21. The molecule has 1 aromatic carbocycles. The first-order valence-corrected chi connectivity index (χ1v) is 6.48. The van der Waals surface area contributed by atoms with Gasteiger partial charge in [0.1, 0.15) is 11.4 Å². The van der Waals surface area contributed by atoms with Crippen molar-refractivity contribution >= 4 is 11.9 Å². The number of H-pyrrole nitrogens is 1. The third-order valence-electron chi connectivity index (χ3n) is 3.02. The van der Waals surface area contributed by atoms with Crippen LogP contribution in [0.1, 0.15) is 27.6 Å². The van der Waals surface area contributed by atoms with Crippen molar-refractivity contribution in [3.63, 3.8) is 0 Å². The van der Waals surface area contributed by atoms with Crippen LogP contribution in [0.3, 0.4) is 0 Å². The average molecular weight is 304 g/mol. The summed E-state index contributed by atoms with van der Waals surface area (Å²) in [4.78, 5) is 36.2. The van der Waals surface area contributed by atoms with Crippen molar-refractivity contribution in [3.8, 4) is 11.1 Å². The molecule has 1 aromatic heterocycles. The zero-order chi connectivity index (χ0) is 16.3. The summed E-state index contributed by atoms with van der Waals surface area (Å²) in [6, 6.07) is 5.06. The Morgan fingerprint density at radius 1 is 1.23 bits per heavy atom. The van der Waals surface area contributed by atoms with Crippen LogP contribution < -0.4 is 10.9 Å². The molecule has 1 amide bonds. The monoisotopic (exact) mass is 304 g/mol. The van der Waals surface area contributed by atoms with Crippen LogP contribution in [0.4, 0.5) is 4.39 Å². The number of nitrogens with one attached hydrogen (secondary N) is 2. The maximum absolute atomic E-state index is 14.0. The molecule has 1 heterocycles. The van der Waals surface area contributed by atoms with E-state index in [-0.39, 0.29) is 5.56 Å². The maximum atomic E-state index is 14.0. The summed E-state index contributed by atoms with van der Waals surface area (Å²) >= 11 is 0. The third kappa shape index (κ3) is 3.03. The molecule has 0 aliphatic rings. The number of aromatic nitrogens is 1. The number of carbonyl (C=O) groups excluding carboxylic acids is 1. The van der Waals surface area contributed by atoms with E-state index >= 15 is 0 Å². The first-order chi connectivity index (χ1) is 10.4. The van der Waals surface area contributed by atoms with E-state index in [2.05, 4.69) is 10.3 Å². The predicted octanol–water partition coefficient (Wildman–Crippen LogP) is 1.63. The number of hydrogen-bond acceptors (Lipinski definition) is 3. The summed E-state index contributed by atoms with van der Waals surface area (Å²) < 4.78 is 14.0. The molecule has 0 saturated carbocycles.